The molecule has 1 aliphatic rings. The molecule has 4 rings (SSSR count). The van der Waals surface area contributed by atoms with E-state index < -0.39 is 0 Å². The Bertz CT molecular complexity index is 931. The number of anilines is 1. The van der Waals surface area contributed by atoms with Crippen LogP contribution in [0.1, 0.15) is 50.4 Å². The molecule has 3 aromatic heterocycles. The number of furan rings is 1. The van der Waals surface area contributed by atoms with Gasteiger partial charge in [0.1, 0.15) is 5.76 Å². The number of rotatable bonds is 3. The number of hydrogen-bond donors (Lipinski definition) is 0. The molecule has 6 heteroatoms. The number of amides is 1. The van der Waals surface area contributed by atoms with Gasteiger partial charge in [0, 0.05) is 25.4 Å². The summed E-state index contributed by atoms with van der Waals surface area (Å²) in [5, 5.41) is 0. The van der Waals surface area contributed by atoms with Gasteiger partial charge in [0.2, 0.25) is 11.7 Å². The number of aryl methyl sites for hydroxylation is 2. The van der Waals surface area contributed by atoms with Crippen LogP contribution in [0.2, 0.25) is 0 Å². The summed E-state index contributed by atoms with van der Waals surface area (Å²) in [4.78, 5) is 23.7. The van der Waals surface area contributed by atoms with Gasteiger partial charge < -0.3 is 4.42 Å². The second-order valence-corrected chi connectivity index (χ2v) is 7.10. The largest absolute Gasteiger partial charge is 0.459 e. The van der Waals surface area contributed by atoms with Crippen molar-refractivity contribution in [2.45, 2.75) is 58.9 Å². The van der Waals surface area contributed by atoms with Crippen molar-refractivity contribution in [2.75, 3.05) is 4.90 Å². The minimum atomic E-state index is 0.0313. The van der Waals surface area contributed by atoms with Crippen molar-refractivity contribution in [3.63, 3.8) is 0 Å². The summed E-state index contributed by atoms with van der Waals surface area (Å²) in [6, 6.07) is 4.04. The van der Waals surface area contributed by atoms with E-state index in [1.807, 2.05) is 41.5 Å². The van der Waals surface area contributed by atoms with Crippen LogP contribution in [0.25, 0.3) is 17.2 Å². The van der Waals surface area contributed by atoms with Crippen LogP contribution in [-0.4, -0.2) is 26.3 Å². The van der Waals surface area contributed by atoms with Crippen molar-refractivity contribution in [2.24, 2.45) is 0 Å². The Morgan fingerprint density at radius 1 is 1.27 bits per heavy atom. The molecule has 0 radical (unpaired) electrons. The van der Waals surface area contributed by atoms with Crippen LogP contribution in [0, 0.1) is 13.8 Å². The lowest BCUT2D eigenvalue weighted by Gasteiger charge is -2.33. The summed E-state index contributed by atoms with van der Waals surface area (Å²) in [6.45, 7) is 5.59. The van der Waals surface area contributed by atoms with Crippen molar-refractivity contribution in [3.8, 4) is 11.5 Å². The lowest BCUT2D eigenvalue weighted by atomic mass is 9.94. The number of fused-ring (bicyclic) bond motifs is 1. The predicted octanol–water partition coefficient (Wildman–Crippen LogP) is 4.29. The molecule has 1 fully saturated rings. The summed E-state index contributed by atoms with van der Waals surface area (Å²) in [5.41, 5.74) is 1.75. The normalized spacial score (nSPS) is 15.5. The zero-order valence-electron chi connectivity index (χ0n) is 15.5. The number of carbonyl (C=O) groups excluding carboxylic acids is 1. The summed E-state index contributed by atoms with van der Waals surface area (Å²) in [5.74, 6) is 2.92. The van der Waals surface area contributed by atoms with Crippen molar-refractivity contribution in [1.82, 2.24) is 14.4 Å². The van der Waals surface area contributed by atoms with Gasteiger partial charge in [-0.3, -0.25) is 14.1 Å². The third-order valence-corrected chi connectivity index (χ3v) is 5.29. The van der Waals surface area contributed by atoms with Crippen LogP contribution < -0.4 is 4.90 Å². The van der Waals surface area contributed by atoms with E-state index in [-0.39, 0.29) is 11.9 Å². The lowest BCUT2D eigenvalue weighted by Crippen LogP contribution is -2.41. The molecule has 0 atom stereocenters. The molecule has 6 nitrogen and oxygen atoms in total. The fraction of sp³-hybridized carbons (Fsp3) is 0.450. The minimum Gasteiger partial charge on any atom is -0.459 e. The molecule has 0 bridgehead atoms. The van der Waals surface area contributed by atoms with Crippen LogP contribution in [0.4, 0.5) is 5.82 Å². The van der Waals surface area contributed by atoms with Crippen LogP contribution in [-0.2, 0) is 4.79 Å². The first kappa shape index (κ1) is 16.8. The molecule has 0 spiro atoms. The highest BCUT2D eigenvalue weighted by Gasteiger charge is 2.31. The number of aromatic nitrogens is 3. The fourth-order valence-electron chi connectivity index (χ4n) is 3.88. The van der Waals surface area contributed by atoms with E-state index in [4.69, 9.17) is 9.40 Å². The van der Waals surface area contributed by atoms with Gasteiger partial charge in [-0.2, -0.15) is 0 Å². The molecule has 26 heavy (non-hydrogen) atoms. The van der Waals surface area contributed by atoms with Gasteiger partial charge in [0.15, 0.2) is 17.3 Å². The van der Waals surface area contributed by atoms with Crippen LogP contribution in [0.3, 0.4) is 0 Å². The minimum absolute atomic E-state index is 0.0313. The maximum atomic E-state index is 12.7. The SMILES string of the molecule is CC(=O)N(c1c(-c2cc(C)c(C)o2)nc2ncccn12)C1CCCCC1. The summed E-state index contributed by atoms with van der Waals surface area (Å²) >= 11 is 0. The van der Waals surface area contributed by atoms with E-state index in [2.05, 4.69) is 4.98 Å². The molecule has 3 heterocycles. The summed E-state index contributed by atoms with van der Waals surface area (Å²) < 4.78 is 7.85. The van der Waals surface area contributed by atoms with E-state index in [0.717, 1.165) is 42.8 Å². The van der Waals surface area contributed by atoms with Gasteiger partial charge in [0.05, 0.1) is 0 Å². The molecule has 1 amide bonds. The maximum Gasteiger partial charge on any atom is 0.236 e. The highest BCUT2D eigenvalue weighted by molar-refractivity contribution is 5.95. The van der Waals surface area contributed by atoms with Crippen LogP contribution in [0.5, 0.6) is 0 Å². The maximum absolute atomic E-state index is 12.7. The van der Waals surface area contributed by atoms with Crippen molar-refractivity contribution in [3.05, 3.63) is 35.9 Å². The third kappa shape index (κ3) is 2.79. The van der Waals surface area contributed by atoms with E-state index in [0.29, 0.717) is 17.2 Å². The van der Waals surface area contributed by atoms with Gasteiger partial charge in [-0.15, -0.1) is 0 Å². The van der Waals surface area contributed by atoms with Crippen molar-refractivity contribution in [1.29, 1.82) is 0 Å². The Balaban J connectivity index is 1.93. The van der Waals surface area contributed by atoms with Gasteiger partial charge >= 0.3 is 0 Å². The first-order chi connectivity index (χ1) is 12.6. The molecular formula is C20H24N4O2. The van der Waals surface area contributed by atoms with Gasteiger partial charge in [-0.25, -0.2) is 9.97 Å². The Labute approximate surface area is 152 Å². The van der Waals surface area contributed by atoms with Gasteiger partial charge in [0.25, 0.3) is 0 Å². The lowest BCUT2D eigenvalue weighted by molar-refractivity contribution is -0.117. The average Bonchev–Trinajstić information content (AvgIpc) is 3.17. The Kier molecular flexibility index (Phi) is 4.26. The monoisotopic (exact) mass is 352 g/mol. The summed E-state index contributed by atoms with van der Waals surface area (Å²) in [6.07, 6.45) is 9.20. The smallest absolute Gasteiger partial charge is 0.236 e. The molecule has 0 aliphatic heterocycles. The highest BCUT2D eigenvalue weighted by atomic mass is 16.3. The fourth-order valence-corrected chi connectivity index (χ4v) is 3.88. The highest BCUT2D eigenvalue weighted by Crippen LogP contribution is 2.36. The predicted molar refractivity (Wildman–Crippen MR) is 100 cm³/mol. The zero-order valence-corrected chi connectivity index (χ0v) is 15.5. The molecule has 0 N–H and O–H groups in total. The standard InChI is InChI=1S/C20H24N4O2/c1-13-12-17(26-14(13)2)18-19(23-11-7-10-21-20(23)22-18)24(15(3)25)16-8-5-4-6-9-16/h7,10-12,16H,4-6,8-9H2,1-3H3. The van der Waals surface area contributed by atoms with Crippen LogP contribution in [0.15, 0.2) is 28.9 Å². The van der Waals surface area contributed by atoms with Gasteiger partial charge in [-0.1, -0.05) is 19.3 Å². The third-order valence-electron chi connectivity index (χ3n) is 5.29. The van der Waals surface area contributed by atoms with E-state index >= 15 is 0 Å². The Morgan fingerprint density at radius 2 is 2.04 bits per heavy atom. The number of carbonyl (C=O) groups is 1. The van der Waals surface area contributed by atoms with Crippen molar-refractivity contribution >= 4 is 17.5 Å². The molecule has 1 aliphatic carbocycles. The average molecular weight is 352 g/mol. The molecule has 3 aromatic rings. The number of nitrogens with zero attached hydrogens (tertiary/aromatic N) is 4. The molecule has 0 saturated heterocycles. The molecule has 1 saturated carbocycles. The molecule has 0 unspecified atom stereocenters. The summed E-state index contributed by atoms with van der Waals surface area (Å²) in [7, 11) is 0. The first-order valence-electron chi connectivity index (χ1n) is 9.26. The second kappa shape index (κ2) is 6.59. The van der Waals surface area contributed by atoms with E-state index in [1.54, 1.807) is 13.1 Å². The molecule has 0 aromatic carbocycles. The zero-order chi connectivity index (χ0) is 18.3. The molecular weight excluding hydrogens is 328 g/mol. The Hall–Kier alpha value is -2.63. The van der Waals surface area contributed by atoms with Crippen LogP contribution >= 0.6 is 0 Å². The van der Waals surface area contributed by atoms with E-state index in [1.165, 1.54) is 6.42 Å². The Morgan fingerprint density at radius 3 is 2.69 bits per heavy atom. The second-order valence-electron chi connectivity index (χ2n) is 7.10. The first-order valence-corrected chi connectivity index (χ1v) is 9.26. The number of imidazole rings is 1. The van der Waals surface area contributed by atoms with Gasteiger partial charge in [-0.05, 0) is 44.4 Å². The number of hydrogen-bond acceptors (Lipinski definition) is 4. The molecule has 136 valence electrons. The van der Waals surface area contributed by atoms with E-state index in [9.17, 15) is 4.79 Å². The topological polar surface area (TPSA) is 63.6 Å². The quantitative estimate of drug-likeness (QED) is 0.705. The van der Waals surface area contributed by atoms with Crippen molar-refractivity contribution < 1.29 is 9.21 Å².